The number of carbonyl (C=O) groups excluding carboxylic acids is 1. The minimum absolute atomic E-state index is 0.0173. The van der Waals surface area contributed by atoms with E-state index in [9.17, 15) is 9.59 Å². The van der Waals surface area contributed by atoms with Gasteiger partial charge in [-0.2, -0.15) is 0 Å². The van der Waals surface area contributed by atoms with E-state index < -0.39 is 0 Å². The van der Waals surface area contributed by atoms with Gasteiger partial charge in [0.2, 0.25) is 5.91 Å². The fraction of sp³-hybridized carbons (Fsp3) is 0.667. The topological polar surface area (TPSA) is 55.2 Å². The Hall–Kier alpha value is -1.65. The van der Waals surface area contributed by atoms with Gasteiger partial charge in [0.05, 0.1) is 6.33 Å². The molecule has 2 heterocycles. The Morgan fingerprint density at radius 3 is 2.95 bits per heavy atom. The fourth-order valence-electron chi connectivity index (χ4n) is 2.64. The maximum Gasteiger partial charge on any atom is 0.253 e. The average Bonchev–Trinajstić information content (AvgIpc) is 2.42. The zero-order valence-corrected chi connectivity index (χ0v) is 12.3. The zero-order valence-electron chi connectivity index (χ0n) is 12.3. The third kappa shape index (κ3) is 3.68. The van der Waals surface area contributed by atoms with Crippen LogP contribution in [-0.4, -0.2) is 33.4 Å². The summed E-state index contributed by atoms with van der Waals surface area (Å²) in [5.74, 6) is 0.568. The normalized spacial score (nSPS) is 19.1. The number of aromatic nitrogens is 2. The number of carbonyl (C=O) groups is 1. The number of hydrogen-bond acceptors (Lipinski definition) is 3. The third-order valence-electron chi connectivity index (χ3n) is 3.76. The van der Waals surface area contributed by atoms with E-state index in [4.69, 9.17) is 0 Å². The van der Waals surface area contributed by atoms with Gasteiger partial charge in [-0.1, -0.05) is 20.3 Å². The van der Waals surface area contributed by atoms with Crippen molar-refractivity contribution < 1.29 is 4.79 Å². The van der Waals surface area contributed by atoms with Gasteiger partial charge in [0.1, 0.15) is 6.54 Å². The summed E-state index contributed by atoms with van der Waals surface area (Å²) in [5.41, 5.74) is 0.662. The first-order valence-electron chi connectivity index (χ1n) is 7.43. The van der Waals surface area contributed by atoms with Crippen LogP contribution in [0, 0.1) is 5.92 Å². The van der Waals surface area contributed by atoms with Crippen molar-refractivity contribution in [2.45, 2.75) is 46.1 Å². The van der Waals surface area contributed by atoms with Crippen LogP contribution in [0.25, 0.3) is 0 Å². The molecule has 5 nitrogen and oxygen atoms in total. The molecule has 110 valence electrons. The highest BCUT2D eigenvalue weighted by Gasteiger charge is 2.21. The van der Waals surface area contributed by atoms with Crippen LogP contribution in [0.1, 0.15) is 38.8 Å². The first kappa shape index (κ1) is 14.8. The van der Waals surface area contributed by atoms with E-state index in [1.54, 1.807) is 0 Å². The van der Waals surface area contributed by atoms with Crippen LogP contribution in [0.3, 0.4) is 0 Å². The van der Waals surface area contributed by atoms with Gasteiger partial charge < -0.3 is 4.90 Å². The van der Waals surface area contributed by atoms with Crippen LogP contribution in [0.5, 0.6) is 0 Å². The van der Waals surface area contributed by atoms with E-state index in [1.807, 2.05) is 11.8 Å². The average molecular weight is 277 g/mol. The molecular formula is C15H23N3O2. The lowest BCUT2D eigenvalue weighted by molar-refractivity contribution is -0.133. The molecule has 1 aliphatic heterocycles. The second-order valence-electron chi connectivity index (χ2n) is 5.68. The molecule has 1 aliphatic rings. The monoisotopic (exact) mass is 277 g/mol. The summed E-state index contributed by atoms with van der Waals surface area (Å²) >= 11 is 0. The lowest BCUT2D eigenvalue weighted by Crippen LogP contribution is -2.42. The maximum absolute atomic E-state index is 12.2. The lowest BCUT2D eigenvalue weighted by atomic mass is 10.0. The molecule has 0 unspecified atom stereocenters. The van der Waals surface area contributed by atoms with Crippen molar-refractivity contribution in [1.29, 1.82) is 0 Å². The highest BCUT2D eigenvalue weighted by Crippen LogP contribution is 2.15. The van der Waals surface area contributed by atoms with Crippen molar-refractivity contribution in [3.8, 4) is 0 Å². The summed E-state index contributed by atoms with van der Waals surface area (Å²) in [4.78, 5) is 30.3. The summed E-state index contributed by atoms with van der Waals surface area (Å²) < 4.78 is 1.40. The van der Waals surface area contributed by atoms with Gasteiger partial charge in [-0.05, 0) is 25.2 Å². The predicted molar refractivity (Wildman–Crippen MR) is 77.5 cm³/mol. The van der Waals surface area contributed by atoms with Gasteiger partial charge in [-0.3, -0.25) is 14.2 Å². The summed E-state index contributed by atoms with van der Waals surface area (Å²) in [5, 5.41) is 0. The summed E-state index contributed by atoms with van der Waals surface area (Å²) in [7, 11) is 0. The number of aryl methyl sites for hydroxylation is 1. The molecule has 0 N–H and O–H groups in total. The molecule has 0 radical (unpaired) electrons. The molecule has 1 fully saturated rings. The number of hydrogen-bond donors (Lipinski definition) is 0. The largest absolute Gasteiger partial charge is 0.341 e. The van der Waals surface area contributed by atoms with E-state index >= 15 is 0 Å². The van der Waals surface area contributed by atoms with Gasteiger partial charge in [-0.15, -0.1) is 0 Å². The van der Waals surface area contributed by atoms with E-state index in [2.05, 4.69) is 11.9 Å². The third-order valence-corrected chi connectivity index (χ3v) is 3.76. The van der Waals surface area contributed by atoms with Gasteiger partial charge in [0.15, 0.2) is 0 Å². The van der Waals surface area contributed by atoms with E-state index in [0.29, 0.717) is 5.92 Å². The Morgan fingerprint density at radius 1 is 1.50 bits per heavy atom. The molecule has 0 saturated carbocycles. The molecule has 1 amide bonds. The van der Waals surface area contributed by atoms with Crippen LogP contribution in [0.2, 0.25) is 0 Å². The standard InChI is InChI=1S/C15H23N3O2/c1-3-5-13-8-14(19)18(11-16-13)10-15(20)17-7-4-6-12(2)9-17/h8,11-12H,3-7,9-10H2,1-2H3/t12-/m1/s1. The molecule has 1 saturated heterocycles. The van der Waals surface area contributed by atoms with Gasteiger partial charge in [0.25, 0.3) is 5.56 Å². The molecule has 0 aromatic carbocycles. The lowest BCUT2D eigenvalue weighted by Gasteiger charge is -2.31. The highest BCUT2D eigenvalue weighted by molar-refractivity contribution is 5.76. The molecule has 5 heteroatoms. The second kappa shape index (κ2) is 6.68. The van der Waals surface area contributed by atoms with Crippen molar-refractivity contribution in [2.24, 2.45) is 5.92 Å². The number of nitrogens with zero attached hydrogens (tertiary/aromatic N) is 3. The number of amides is 1. The zero-order chi connectivity index (χ0) is 14.5. The maximum atomic E-state index is 12.2. The van der Waals surface area contributed by atoms with E-state index in [0.717, 1.165) is 38.0 Å². The van der Waals surface area contributed by atoms with E-state index in [-0.39, 0.29) is 18.0 Å². The molecule has 0 aliphatic carbocycles. The molecule has 1 atom stereocenters. The minimum atomic E-state index is -0.137. The van der Waals surface area contributed by atoms with Crippen LogP contribution < -0.4 is 5.56 Å². The Labute approximate surface area is 119 Å². The summed E-state index contributed by atoms with van der Waals surface area (Å²) in [6.07, 6.45) is 5.49. The SMILES string of the molecule is CCCc1cc(=O)n(CC(=O)N2CCC[C@@H](C)C2)cn1. The van der Waals surface area contributed by atoms with Crippen molar-refractivity contribution in [1.82, 2.24) is 14.5 Å². The molecular weight excluding hydrogens is 254 g/mol. The summed E-state index contributed by atoms with van der Waals surface area (Å²) in [6, 6.07) is 1.54. The first-order chi connectivity index (χ1) is 9.60. The fourth-order valence-corrected chi connectivity index (χ4v) is 2.64. The van der Waals surface area contributed by atoms with E-state index in [1.165, 1.54) is 23.4 Å². The quantitative estimate of drug-likeness (QED) is 0.837. The molecule has 2 rings (SSSR count). The summed E-state index contributed by atoms with van der Waals surface area (Å²) in [6.45, 7) is 5.92. The molecule has 1 aromatic rings. The minimum Gasteiger partial charge on any atom is -0.341 e. The smallest absolute Gasteiger partial charge is 0.253 e. The number of piperidine rings is 1. The number of rotatable bonds is 4. The Kier molecular flexibility index (Phi) is 4.93. The second-order valence-corrected chi connectivity index (χ2v) is 5.68. The molecule has 0 spiro atoms. The molecule has 20 heavy (non-hydrogen) atoms. The molecule has 1 aromatic heterocycles. The van der Waals surface area contributed by atoms with Crippen LogP contribution in [0.4, 0.5) is 0 Å². The Bertz CT molecular complexity index is 524. The van der Waals surface area contributed by atoms with Crippen LogP contribution in [-0.2, 0) is 17.8 Å². The van der Waals surface area contributed by atoms with Gasteiger partial charge in [0, 0.05) is 24.8 Å². The van der Waals surface area contributed by atoms with Crippen LogP contribution in [0.15, 0.2) is 17.2 Å². The Balaban J connectivity index is 2.02. The van der Waals surface area contributed by atoms with Crippen LogP contribution >= 0.6 is 0 Å². The number of likely N-dealkylation sites (tertiary alicyclic amines) is 1. The van der Waals surface area contributed by atoms with Crippen molar-refractivity contribution in [2.75, 3.05) is 13.1 Å². The first-order valence-corrected chi connectivity index (χ1v) is 7.43. The molecule has 0 bridgehead atoms. The van der Waals surface area contributed by atoms with Crippen molar-refractivity contribution in [3.63, 3.8) is 0 Å². The van der Waals surface area contributed by atoms with Gasteiger partial charge >= 0.3 is 0 Å². The highest BCUT2D eigenvalue weighted by atomic mass is 16.2. The van der Waals surface area contributed by atoms with Crippen molar-refractivity contribution in [3.05, 3.63) is 28.4 Å². The van der Waals surface area contributed by atoms with Gasteiger partial charge in [-0.25, -0.2) is 4.98 Å². The Morgan fingerprint density at radius 2 is 2.30 bits per heavy atom. The van der Waals surface area contributed by atoms with Crippen molar-refractivity contribution >= 4 is 5.91 Å². The predicted octanol–water partition coefficient (Wildman–Crippen LogP) is 1.45.